The third kappa shape index (κ3) is 3.81. The Hall–Kier alpha value is -1.87. The minimum absolute atomic E-state index is 0.518. The van der Waals surface area contributed by atoms with Crippen LogP contribution in [0.25, 0.3) is 0 Å². The van der Waals surface area contributed by atoms with Crippen LogP contribution in [0, 0.1) is 6.92 Å². The van der Waals surface area contributed by atoms with Gasteiger partial charge in [0, 0.05) is 18.3 Å². The summed E-state index contributed by atoms with van der Waals surface area (Å²) in [7, 11) is 0. The minimum atomic E-state index is -0.561. The lowest BCUT2D eigenvalue weighted by Gasteiger charge is -2.13. The molecule has 0 saturated heterocycles. The molecular weight excluding hydrogens is 250 g/mol. The van der Waals surface area contributed by atoms with E-state index in [4.69, 9.17) is 4.74 Å². The maximum atomic E-state index is 10.4. The predicted molar refractivity (Wildman–Crippen MR) is 79.9 cm³/mol. The number of aryl methyl sites for hydroxylation is 1. The van der Waals surface area contributed by atoms with Gasteiger partial charge in [-0.05, 0) is 42.7 Å². The second-order valence-corrected chi connectivity index (χ2v) is 4.91. The number of pyridine rings is 1. The molecule has 1 atom stereocenters. The quantitative estimate of drug-likeness (QED) is 0.875. The number of nitrogens with zero attached hydrogens (tertiary/aromatic N) is 1. The minimum Gasteiger partial charge on any atom is -0.494 e. The zero-order valence-electron chi connectivity index (χ0n) is 12.0. The van der Waals surface area contributed by atoms with Crippen LogP contribution in [0.2, 0.25) is 0 Å². The molecule has 0 aliphatic heterocycles. The molecule has 0 aliphatic rings. The smallest absolute Gasteiger partial charge is 0.119 e. The van der Waals surface area contributed by atoms with E-state index in [1.165, 1.54) is 0 Å². The molecule has 0 radical (unpaired) electrons. The van der Waals surface area contributed by atoms with E-state index in [9.17, 15) is 5.11 Å². The number of aliphatic hydroxyl groups excluding tert-OH is 1. The van der Waals surface area contributed by atoms with E-state index in [2.05, 4.69) is 11.9 Å². The molecule has 3 nitrogen and oxygen atoms in total. The average molecular weight is 271 g/mol. The van der Waals surface area contributed by atoms with Crippen LogP contribution in [-0.4, -0.2) is 16.7 Å². The molecule has 3 heteroatoms. The Balaban J connectivity index is 2.09. The number of rotatable bonds is 6. The van der Waals surface area contributed by atoms with Gasteiger partial charge in [-0.15, -0.1) is 0 Å². The molecule has 1 N–H and O–H groups in total. The van der Waals surface area contributed by atoms with Crippen molar-refractivity contribution < 1.29 is 9.84 Å². The fourth-order valence-electron chi connectivity index (χ4n) is 2.06. The normalized spacial score (nSPS) is 12.2. The van der Waals surface area contributed by atoms with Crippen LogP contribution in [0.15, 0.2) is 42.6 Å². The molecule has 2 aromatic rings. The van der Waals surface area contributed by atoms with Crippen LogP contribution < -0.4 is 4.74 Å². The van der Waals surface area contributed by atoms with Gasteiger partial charge in [-0.2, -0.15) is 0 Å². The van der Waals surface area contributed by atoms with Crippen LogP contribution in [0.1, 0.15) is 36.3 Å². The van der Waals surface area contributed by atoms with Gasteiger partial charge in [0.2, 0.25) is 0 Å². The van der Waals surface area contributed by atoms with Crippen LogP contribution in [-0.2, 0) is 6.42 Å². The molecule has 0 spiro atoms. The summed E-state index contributed by atoms with van der Waals surface area (Å²) in [4.78, 5) is 4.32. The summed E-state index contributed by atoms with van der Waals surface area (Å²) >= 11 is 0. The molecule has 20 heavy (non-hydrogen) atoms. The number of benzene rings is 1. The maximum absolute atomic E-state index is 10.4. The van der Waals surface area contributed by atoms with Crippen molar-refractivity contribution >= 4 is 0 Å². The van der Waals surface area contributed by atoms with Crippen LogP contribution in [0.5, 0.6) is 5.75 Å². The van der Waals surface area contributed by atoms with Crippen molar-refractivity contribution in [2.24, 2.45) is 0 Å². The summed E-state index contributed by atoms with van der Waals surface area (Å²) in [6.45, 7) is 4.78. The highest BCUT2D eigenvalue weighted by molar-refractivity contribution is 5.31. The maximum Gasteiger partial charge on any atom is 0.119 e. The monoisotopic (exact) mass is 271 g/mol. The van der Waals surface area contributed by atoms with Gasteiger partial charge < -0.3 is 9.84 Å². The Labute approximate surface area is 120 Å². The molecule has 0 fully saturated rings. The SMILES string of the molecule is CCCOc1cccc(C(O)Cc2ncccc2C)c1. The third-order valence-electron chi connectivity index (χ3n) is 3.22. The standard InChI is InChI=1S/C17H21NO2/c1-3-10-20-15-8-4-7-14(11-15)17(19)12-16-13(2)6-5-9-18-16/h4-9,11,17,19H,3,10,12H2,1-2H3. The lowest BCUT2D eigenvalue weighted by molar-refractivity contribution is 0.176. The summed E-state index contributed by atoms with van der Waals surface area (Å²) in [5, 5.41) is 10.4. The Kier molecular flexibility index (Phi) is 5.13. The van der Waals surface area contributed by atoms with E-state index >= 15 is 0 Å². The highest BCUT2D eigenvalue weighted by atomic mass is 16.5. The molecule has 1 aromatic carbocycles. The summed E-state index contributed by atoms with van der Waals surface area (Å²) < 4.78 is 5.59. The fourth-order valence-corrected chi connectivity index (χ4v) is 2.06. The van der Waals surface area contributed by atoms with Crippen LogP contribution in [0.4, 0.5) is 0 Å². The molecule has 106 valence electrons. The van der Waals surface area contributed by atoms with Gasteiger partial charge in [-0.3, -0.25) is 4.98 Å². The Morgan fingerprint density at radius 3 is 2.85 bits per heavy atom. The lowest BCUT2D eigenvalue weighted by atomic mass is 10.0. The number of hydrogen-bond acceptors (Lipinski definition) is 3. The average Bonchev–Trinajstić information content (AvgIpc) is 2.48. The van der Waals surface area contributed by atoms with Crippen molar-refractivity contribution in [2.75, 3.05) is 6.61 Å². The van der Waals surface area contributed by atoms with Gasteiger partial charge in [-0.25, -0.2) is 0 Å². The largest absolute Gasteiger partial charge is 0.494 e. The Bertz CT molecular complexity index is 554. The van der Waals surface area contributed by atoms with E-state index in [0.717, 1.165) is 29.0 Å². The number of aromatic nitrogens is 1. The van der Waals surface area contributed by atoms with Crippen molar-refractivity contribution in [1.29, 1.82) is 0 Å². The zero-order chi connectivity index (χ0) is 14.4. The first kappa shape index (κ1) is 14.5. The topological polar surface area (TPSA) is 42.4 Å². The molecule has 0 bridgehead atoms. The highest BCUT2D eigenvalue weighted by Crippen LogP contribution is 2.23. The molecule has 1 aromatic heterocycles. The van der Waals surface area contributed by atoms with E-state index in [0.29, 0.717) is 13.0 Å². The first-order valence-electron chi connectivity index (χ1n) is 7.02. The summed E-state index contributed by atoms with van der Waals surface area (Å²) in [5.74, 6) is 0.807. The van der Waals surface area contributed by atoms with Gasteiger partial charge >= 0.3 is 0 Å². The van der Waals surface area contributed by atoms with Crippen molar-refractivity contribution in [3.63, 3.8) is 0 Å². The number of aliphatic hydroxyl groups is 1. The molecular formula is C17H21NO2. The van der Waals surface area contributed by atoms with Gasteiger partial charge in [-0.1, -0.05) is 25.1 Å². The summed E-state index contributed by atoms with van der Waals surface area (Å²) in [5.41, 5.74) is 2.90. The van der Waals surface area contributed by atoms with Crippen molar-refractivity contribution in [1.82, 2.24) is 4.98 Å². The molecule has 1 unspecified atom stereocenters. The van der Waals surface area contributed by atoms with Crippen molar-refractivity contribution in [2.45, 2.75) is 32.8 Å². The molecule has 0 amide bonds. The van der Waals surface area contributed by atoms with Crippen LogP contribution in [0.3, 0.4) is 0 Å². The van der Waals surface area contributed by atoms with Crippen molar-refractivity contribution in [3.05, 3.63) is 59.4 Å². The van der Waals surface area contributed by atoms with Gasteiger partial charge in [0.25, 0.3) is 0 Å². The van der Waals surface area contributed by atoms with Gasteiger partial charge in [0.1, 0.15) is 5.75 Å². The first-order chi connectivity index (χ1) is 9.70. The fraction of sp³-hybridized carbons (Fsp3) is 0.353. The molecule has 0 saturated carbocycles. The number of hydrogen-bond donors (Lipinski definition) is 1. The second-order valence-electron chi connectivity index (χ2n) is 4.91. The van der Waals surface area contributed by atoms with E-state index < -0.39 is 6.10 Å². The van der Waals surface area contributed by atoms with Crippen molar-refractivity contribution in [3.8, 4) is 5.75 Å². The summed E-state index contributed by atoms with van der Waals surface area (Å²) in [6, 6.07) is 11.6. The van der Waals surface area contributed by atoms with Gasteiger partial charge in [0.15, 0.2) is 0 Å². The second kappa shape index (κ2) is 7.06. The zero-order valence-corrected chi connectivity index (χ0v) is 12.0. The highest BCUT2D eigenvalue weighted by Gasteiger charge is 2.11. The van der Waals surface area contributed by atoms with E-state index in [1.54, 1.807) is 6.20 Å². The first-order valence-corrected chi connectivity index (χ1v) is 7.02. The predicted octanol–water partition coefficient (Wildman–Crippen LogP) is 3.45. The number of ether oxygens (including phenoxy) is 1. The molecule has 0 aliphatic carbocycles. The summed E-state index contributed by atoms with van der Waals surface area (Å²) in [6.07, 6.45) is 2.69. The van der Waals surface area contributed by atoms with Gasteiger partial charge in [0.05, 0.1) is 12.7 Å². The lowest BCUT2D eigenvalue weighted by Crippen LogP contribution is -2.05. The molecule has 1 heterocycles. The van der Waals surface area contributed by atoms with E-state index in [1.807, 2.05) is 43.3 Å². The van der Waals surface area contributed by atoms with Crippen LogP contribution >= 0.6 is 0 Å². The third-order valence-corrected chi connectivity index (χ3v) is 3.22. The Morgan fingerprint density at radius 2 is 2.10 bits per heavy atom. The Morgan fingerprint density at radius 1 is 1.25 bits per heavy atom. The van der Waals surface area contributed by atoms with E-state index in [-0.39, 0.29) is 0 Å². The molecule has 2 rings (SSSR count).